The van der Waals surface area contributed by atoms with Crippen LogP contribution in [0.1, 0.15) is 19.2 Å². The Morgan fingerprint density at radius 3 is 3.12 bits per heavy atom. The van der Waals surface area contributed by atoms with Crippen molar-refractivity contribution in [3.8, 4) is 0 Å². The van der Waals surface area contributed by atoms with E-state index in [1.807, 2.05) is 6.07 Å². The second-order valence-corrected chi connectivity index (χ2v) is 3.96. The number of aromatic amines is 1. The number of benzene rings is 1. The molecular formula is C11H13N5O. The van der Waals surface area contributed by atoms with Crippen LogP contribution in [0, 0.1) is 0 Å². The number of aryl methyl sites for hydroxylation is 1. The van der Waals surface area contributed by atoms with Gasteiger partial charge in [0.1, 0.15) is 5.82 Å². The lowest BCUT2D eigenvalue weighted by Gasteiger charge is -1.99. The van der Waals surface area contributed by atoms with Gasteiger partial charge < -0.3 is 10.1 Å². The zero-order valence-electron chi connectivity index (χ0n) is 9.46. The van der Waals surface area contributed by atoms with Gasteiger partial charge in [0.15, 0.2) is 0 Å². The summed E-state index contributed by atoms with van der Waals surface area (Å²) < 4.78 is 0. The minimum atomic E-state index is -0.332. The lowest BCUT2D eigenvalue weighted by molar-refractivity contribution is 0.184. The normalized spacial score (nSPS) is 12.4. The molecule has 0 spiro atoms. The van der Waals surface area contributed by atoms with Gasteiger partial charge in [-0.3, -0.25) is 0 Å². The molecule has 2 aromatic rings. The number of aliphatic hydroxyl groups excluding tert-OH is 1. The van der Waals surface area contributed by atoms with Crippen LogP contribution in [-0.2, 0) is 6.42 Å². The summed E-state index contributed by atoms with van der Waals surface area (Å²) in [4.78, 5) is 10.3. The molecule has 6 heteroatoms. The molecule has 0 radical (unpaired) electrons. The lowest BCUT2D eigenvalue weighted by Crippen LogP contribution is -2.02. The average molecular weight is 231 g/mol. The van der Waals surface area contributed by atoms with Crippen molar-refractivity contribution in [1.82, 2.24) is 9.97 Å². The van der Waals surface area contributed by atoms with E-state index in [1.165, 1.54) is 0 Å². The number of H-pyrrole nitrogens is 1. The highest BCUT2D eigenvalue weighted by atomic mass is 16.3. The van der Waals surface area contributed by atoms with Crippen LogP contribution in [0.4, 0.5) is 5.69 Å². The summed E-state index contributed by atoms with van der Waals surface area (Å²) in [5, 5.41) is 12.7. The maximum absolute atomic E-state index is 9.21. The number of aromatic nitrogens is 2. The van der Waals surface area contributed by atoms with Crippen LogP contribution in [0.5, 0.6) is 0 Å². The molecular weight excluding hydrogens is 218 g/mol. The molecule has 1 unspecified atom stereocenters. The van der Waals surface area contributed by atoms with Crippen LogP contribution < -0.4 is 0 Å². The first-order valence-corrected chi connectivity index (χ1v) is 5.41. The van der Waals surface area contributed by atoms with Crippen LogP contribution in [0.15, 0.2) is 23.3 Å². The molecule has 1 aromatic carbocycles. The van der Waals surface area contributed by atoms with E-state index in [4.69, 9.17) is 5.53 Å². The molecule has 2 N–H and O–H groups in total. The van der Waals surface area contributed by atoms with E-state index in [2.05, 4.69) is 20.0 Å². The van der Waals surface area contributed by atoms with Crippen molar-refractivity contribution in [2.75, 3.05) is 0 Å². The summed E-state index contributed by atoms with van der Waals surface area (Å²) in [6.45, 7) is 1.75. The van der Waals surface area contributed by atoms with Crippen molar-refractivity contribution in [2.45, 2.75) is 25.9 Å². The largest absolute Gasteiger partial charge is 0.393 e. The highest BCUT2D eigenvalue weighted by molar-refractivity contribution is 5.78. The van der Waals surface area contributed by atoms with Gasteiger partial charge in [-0.2, -0.15) is 0 Å². The summed E-state index contributed by atoms with van der Waals surface area (Å²) >= 11 is 0. The first-order chi connectivity index (χ1) is 8.19. The highest BCUT2D eigenvalue weighted by Crippen LogP contribution is 2.20. The van der Waals surface area contributed by atoms with Gasteiger partial charge >= 0.3 is 0 Å². The van der Waals surface area contributed by atoms with E-state index in [9.17, 15) is 5.11 Å². The van der Waals surface area contributed by atoms with E-state index in [1.54, 1.807) is 19.1 Å². The number of rotatable bonds is 4. The standard InChI is InChI=1S/C11H13N5O/c1-7(17)2-5-11-13-9-4-3-8(15-16-12)6-10(9)14-11/h3-4,6-7,17H,2,5H2,1H3,(H,13,14). The molecule has 2 rings (SSSR count). The van der Waals surface area contributed by atoms with Crippen LogP contribution in [0.3, 0.4) is 0 Å². The molecule has 0 aliphatic carbocycles. The van der Waals surface area contributed by atoms with Crippen molar-refractivity contribution in [1.29, 1.82) is 0 Å². The zero-order valence-corrected chi connectivity index (χ0v) is 9.46. The Bertz CT molecular complexity index is 568. The molecule has 1 heterocycles. The third kappa shape index (κ3) is 2.75. The zero-order chi connectivity index (χ0) is 12.3. The molecule has 1 aromatic heterocycles. The second kappa shape index (κ2) is 4.86. The van der Waals surface area contributed by atoms with E-state index in [0.717, 1.165) is 16.9 Å². The fourth-order valence-corrected chi connectivity index (χ4v) is 1.63. The van der Waals surface area contributed by atoms with Gasteiger partial charge in [0.2, 0.25) is 0 Å². The predicted octanol–water partition coefficient (Wildman–Crippen LogP) is 2.82. The molecule has 0 saturated carbocycles. The molecule has 0 fully saturated rings. The molecule has 0 amide bonds. The van der Waals surface area contributed by atoms with Crippen molar-refractivity contribution in [2.24, 2.45) is 5.11 Å². The number of imidazole rings is 1. The third-order valence-corrected chi connectivity index (χ3v) is 2.47. The van der Waals surface area contributed by atoms with Gasteiger partial charge in [0.05, 0.1) is 17.1 Å². The van der Waals surface area contributed by atoms with E-state index >= 15 is 0 Å². The molecule has 6 nitrogen and oxygen atoms in total. The molecule has 0 saturated heterocycles. The fraction of sp³-hybridized carbons (Fsp3) is 0.364. The summed E-state index contributed by atoms with van der Waals surface area (Å²) in [6, 6.07) is 5.29. The topological polar surface area (TPSA) is 97.7 Å². The van der Waals surface area contributed by atoms with Crippen molar-refractivity contribution in [3.63, 3.8) is 0 Å². The molecule has 0 aliphatic heterocycles. The smallest absolute Gasteiger partial charge is 0.107 e. The number of aliphatic hydroxyl groups is 1. The first-order valence-electron chi connectivity index (χ1n) is 5.41. The second-order valence-electron chi connectivity index (χ2n) is 3.96. The van der Waals surface area contributed by atoms with Crippen LogP contribution in [0.2, 0.25) is 0 Å². The monoisotopic (exact) mass is 231 g/mol. The van der Waals surface area contributed by atoms with Gasteiger partial charge in [-0.05, 0) is 31.0 Å². The molecule has 1 atom stereocenters. The number of nitrogens with zero attached hydrogens (tertiary/aromatic N) is 4. The van der Waals surface area contributed by atoms with Gasteiger partial charge in [0, 0.05) is 17.0 Å². The Morgan fingerprint density at radius 1 is 1.59 bits per heavy atom. The number of nitrogens with one attached hydrogen (secondary N) is 1. The minimum Gasteiger partial charge on any atom is -0.393 e. The summed E-state index contributed by atoms with van der Waals surface area (Å²) in [5.74, 6) is 0.832. The third-order valence-electron chi connectivity index (χ3n) is 2.47. The quantitative estimate of drug-likeness (QED) is 0.480. The summed E-state index contributed by atoms with van der Waals surface area (Å²) in [6.07, 6.45) is 1.04. The number of hydrogen-bond acceptors (Lipinski definition) is 3. The van der Waals surface area contributed by atoms with Crippen molar-refractivity contribution >= 4 is 16.7 Å². The van der Waals surface area contributed by atoms with Gasteiger partial charge in [-0.25, -0.2) is 4.98 Å². The molecule has 0 aliphatic rings. The van der Waals surface area contributed by atoms with Crippen LogP contribution >= 0.6 is 0 Å². The van der Waals surface area contributed by atoms with Crippen LogP contribution in [0.25, 0.3) is 21.5 Å². The summed E-state index contributed by atoms with van der Waals surface area (Å²) in [5.41, 5.74) is 10.6. The first kappa shape index (κ1) is 11.4. The Morgan fingerprint density at radius 2 is 2.41 bits per heavy atom. The van der Waals surface area contributed by atoms with Crippen molar-refractivity contribution < 1.29 is 5.11 Å². The molecule has 0 bridgehead atoms. The highest BCUT2D eigenvalue weighted by Gasteiger charge is 2.04. The van der Waals surface area contributed by atoms with Crippen LogP contribution in [-0.4, -0.2) is 21.2 Å². The number of fused-ring (bicyclic) bond motifs is 1. The van der Waals surface area contributed by atoms with Gasteiger partial charge in [0.25, 0.3) is 0 Å². The minimum absolute atomic E-state index is 0.332. The fourth-order valence-electron chi connectivity index (χ4n) is 1.63. The van der Waals surface area contributed by atoms with Gasteiger partial charge in [-0.15, -0.1) is 0 Å². The Labute approximate surface area is 97.9 Å². The van der Waals surface area contributed by atoms with E-state index < -0.39 is 0 Å². The Kier molecular flexibility index (Phi) is 3.27. The maximum Gasteiger partial charge on any atom is 0.107 e. The van der Waals surface area contributed by atoms with Gasteiger partial charge in [-0.1, -0.05) is 11.2 Å². The summed E-state index contributed by atoms with van der Waals surface area (Å²) in [7, 11) is 0. The number of hydrogen-bond donors (Lipinski definition) is 2. The van der Waals surface area contributed by atoms with E-state index in [0.29, 0.717) is 18.5 Å². The number of azide groups is 1. The lowest BCUT2D eigenvalue weighted by atomic mass is 10.2. The molecule has 88 valence electrons. The SMILES string of the molecule is CC(O)CCc1nc2ccc(N=[N+]=[N-])cc2[nH]1. The Balaban J connectivity index is 2.27. The van der Waals surface area contributed by atoms with E-state index in [-0.39, 0.29) is 6.10 Å². The maximum atomic E-state index is 9.21. The Hall–Kier alpha value is -2.04. The predicted molar refractivity (Wildman–Crippen MR) is 64.9 cm³/mol. The average Bonchev–Trinajstić information content (AvgIpc) is 2.69. The molecule has 17 heavy (non-hydrogen) atoms. The van der Waals surface area contributed by atoms with Crippen molar-refractivity contribution in [3.05, 3.63) is 34.5 Å².